The van der Waals surface area contributed by atoms with E-state index in [0.29, 0.717) is 18.4 Å². The number of nitrogens with zero attached hydrogens (tertiary/aromatic N) is 3. The first-order valence-electron chi connectivity index (χ1n) is 7.54. The third kappa shape index (κ3) is 4.66. The highest BCUT2D eigenvalue weighted by Crippen LogP contribution is 2.17. The predicted octanol–water partition coefficient (Wildman–Crippen LogP) is 0.972. The van der Waals surface area contributed by atoms with Crippen molar-refractivity contribution in [2.75, 3.05) is 45.9 Å². The summed E-state index contributed by atoms with van der Waals surface area (Å²) < 4.78 is 5.65. The maximum absolute atomic E-state index is 10.6. The van der Waals surface area contributed by atoms with Gasteiger partial charge in [-0.3, -0.25) is 19.9 Å². The number of hydrogen-bond donors (Lipinski definition) is 1. The molecule has 7 heteroatoms. The van der Waals surface area contributed by atoms with Gasteiger partial charge in [-0.2, -0.15) is 0 Å². The molecule has 1 fully saturated rings. The molecule has 1 saturated heterocycles. The first-order valence-corrected chi connectivity index (χ1v) is 7.54. The van der Waals surface area contributed by atoms with Gasteiger partial charge in [0.05, 0.1) is 11.5 Å². The highest BCUT2D eigenvalue weighted by molar-refractivity contribution is 5.35. The fourth-order valence-corrected chi connectivity index (χ4v) is 2.69. The molecule has 1 aromatic rings. The van der Waals surface area contributed by atoms with Crippen LogP contribution in [0.15, 0.2) is 24.3 Å². The predicted molar refractivity (Wildman–Crippen MR) is 83.2 cm³/mol. The van der Waals surface area contributed by atoms with Crippen LogP contribution in [0.3, 0.4) is 0 Å². The van der Waals surface area contributed by atoms with Gasteiger partial charge in [0.2, 0.25) is 0 Å². The van der Waals surface area contributed by atoms with Gasteiger partial charge in [0.25, 0.3) is 5.69 Å². The maximum atomic E-state index is 10.6. The van der Waals surface area contributed by atoms with Crippen molar-refractivity contribution in [1.29, 1.82) is 0 Å². The van der Waals surface area contributed by atoms with Crippen LogP contribution in [0, 0.1) is 10.1 Å². The summed E-state index contributed by atoms with van der Waals surface area (Å²) in [6, 6.07) is 6.58. The number of β-amino-alcohol motifs (C(OH)–C–C–N with tert-alkyl or cyclic N) is 1. The van der Waals surface area contributed by atoms with Gasteiger partial charge in [0, 0.05) is 50.9 Å². The minimum atomic E-state index is -0.419. The topological polar surface area (TPSA) is 79.1 Å². The monoisotopic (exact) mass is 309 g/mol. The van der Waals surface area contributed by atoms with Crippen LogP contribution in [0.1, 0.15) is 6.92 Å². The van der Waals surface area contributed by atoms with Gasteiger partial charge in [0.1, 0.15) is 12.4 Å². The molecule has 1 N–H and O–H groups in total. The molecule has 122 valence electrons. The van der Waals surface area contributed by atoms with Crippen LogP contribution in [0.2, 0.25) is 0 Å². The Balaban J connectivity index is 1.73. The second-order valence-corrected chi connectivity index (χ2v) is 5.51. The lowest BCUT2D eigenvalue weighted by molar-refractivity contribution is -0.384. The minimum absolute atomic E-state index is 0.0703. The molecule has 22 heavy (non-hydrogen) atoms. The zero-order valence-corrected chi connectivity index (χ0v) is 12.9. The summed E-state index contributed by atoms with van der Waals surface area (Å²) in [5.74, 6) is 0.650. The standard InChI is InChI=1S/C15H23N3O4/c1-13-12-16(8-10-19)6-7-17(13)9-11-22-15-4-2-14(3-5-15)18(20)21/h2-5,13,19H,6-12H2,1H3. The summed E-state index contributed by atoms with van der Waals surface area (Å²) in [6.07, 6.45) is 0. The number of aliphatic hydroxyl groups excluding tert-OH is 1. The van der Waals surface area contributed by atoms with Crippen molar-refractivity contribution in [3.8, 4) is 5.75 Å². The summed E-state index contributed by atoms with van der Waals surface area (Å²) in [5, 5.41) is 19.6. The van der Waals surface area contributed by atoms with E-state index >= 15 is 0 Å². The number of piperazine rings is 1. The van der Waals surface area contributed by atoms with Crippen molar-refractivity contribution in [3.05, 3.63) is 34.4 Å². The van der Waals surface area contributed by atoms with Gasteiger partial charge in [-0.25, -0.2) is 0 Å². The Labute approximate surface area is 130 Å². The maximum Gasteiger partial charge on any atom is 0.269 e. The van der Waals surface area contributed by atoms with Crippen LogP contribution in [-0.2, 0) is 0 Å². The largest absolute Gasteiger partial charge is 0.492 e. The smallest absolute Gasteiger partial charge is 0.269 e. The number of aliphatic hydroxyl groups is 1. The molecule has 2 rings (SSSR count). The Hall–Kier alpha value is -1.70. The van der Waals surface area contributed by atoms with E-state index in [-0.39, 0.29) is 12.3 Å². The summed E-state index contributed by atoms with van der Waals surface area (Å²) in [5.41, 5.74) is 0.0703. The normalized spacial score (nSPS) is 20.0. The summed E-state index contributed by atoms with van der Waals surface area (Å²) in [6.45, 7) is 7.38. The number of hydrogen-bond acceptors (Lipinski definition) is 6. The molecule has 1 atom stereocenters. The third-order valence-corrected chi connectivity index (χ3v) is 3.96. The number of non-ortho nitro benzene ring substituents is 1. The van der Waals surface area contributed by atoms with Gasteiger partial charge in [-0.15, -0.1) is 0 Å². The number of nitro groups is 1. The molecule has 0 saturated carbocycles. The first kappa shape index (κ1) is 16.7. The van der Waals surface area contributed by atoms with Crippen LogP contribution < -0.4 is 4.74 Å². The van der Waals surface area contributed by atoms with E-state index in [1.54, 1.807) is 12.1 Å². The summed E-state index contributed by atoms with van der Waals surface area (Å²) in [7, 11) is 0. The van der Waals surface area contributed by atoms with Crippen LogP contribution >= 0.6 is 0 Å². The van der Waals surface area contributed by atoms with Crippen molar-refractivity contribution >= 4 is 5.69 Å². The van der Waals surface area contributed by atoms with Crippen LogP contribution in [0.5, 0.6) is 5.75 Å². The van der Waals surface area contributed by atoms with Crippen molar-refractivity contribution in [1.82, 2.24) is 9.80 Å². The van der Waals surface area contributed by atoms with Gasteiger partial charge in [-0.05, 0) is 19.1 Å². The van der Waals surface area contributed by atoms with E-state index in [1.807, 2.05) is 0 Å². The Morgan fingerprint density at radius 3 is 2.64 bits per heavy atom. The Kier molecular flexibility index (Phi) is 6.11. The van der Waals surface area contributed by atoms with E-state index in [2.05, 4.69) is 16.7 Å². The lowest BCUT2D eigenvalue weighted by atomic mass is 10.2. The van der Waals surface area contributed by atoms with Crippen molar-refractivity contribution in [2.24, 2.45) is 0 Å². The Morgan fingerprint density at radius 2 is 2.05 bits per heavy atom. The van der Waals surface area contributed by atoms with E-state index < -0.39 is 4.92 Å². The van der Waals surface area contributed by atoms with Gasteiger partial charge < -0.3 is 9.84 Å². The molecular weight excluding hydrogens is 286 g/mol. The van der Waals surface area contributed by atoms with Crippen LogP contribution in [-0.4, -0.2) is 71.8 Å². The van der Waals surface area contributed by atoms with Crippen LogP contribution in [0.4, 0.5) is 5.69 Å². The molecule has 7 nitrogen and oxygen atoms in total. The average molecular weight is 309 g/mol. The average Bonchev–Trinajstić information content (AvgIpc) is 2.50. The van der Waals surface area contributed by atoms with E-state index in [9.17, 15) is 10.1 Å². The van der Waals surface area contributed by atoms with Crippen molar-refractivity contribution in [3.63, 3.8) is 0 Å². The molecule has 1 aliphatic rings. The zero-order valence-electron chi connectivity index (χ0n) is 12.9. The number of nitro benzene ring substituents is 1. The number of rotatable bonds is 7. The minimum Gasteiger partial charge on any atom is -0.492 e. The highest BCUT2D eigenvalue weighted by Gasteiger charge is 2.22. The van der Waals surface area contributed by atoms with Gasteiger partial charge >= 0.3 is 0 Å². The molecule has 1 aliphatic heterocycles. The molecule has 0 spiro atoms. The molecule has 1 aromatic carbocycles. The Morgan fingerprint density at radius 1 is 1.32 bits per heavy atom. The fraction of sp³-hybridized carbons (Fsp3) is 0.600. The molecule has 0 amide bonds. The van der Waals surface area contributed by atoms with Gasteiger partial charge in [-0.1, -0.05) is 0 Å². The van der Waals surface area contributed by atoms with E-state index in [4.69, 9.17) is 9.84 Å². The van der Waals surface area contributed by atoms with Crippen molar-refractivity contribution < 1.29 is 14.8 Å². The first-order chi connectivity index (χ1) is 10.6. The molecule has 0 aliphatic carbocycles. The SMILES string of the molecule is CC1CN(CCO)CCN1CCOc1ccc([N+](=O)[O-])cc1. The molecule has 0 bridgehead atoms. The van der Waals surface area contributed by atoms with E-state index in [0.717, 1.165) is 32.7 Å². The van der Waals surface area contributed by atoms with Crippen molar-refractivity contribution in [2.45, 2.75) is 13.0 Å². The quantitative estimate of drug-likeness (QED) is 0.597. The second kappa shape index (κ2) is 8.07. The summed E-state index contributed by atoms with van der Waals surface area (Å²) in [4.78, 5) is 14.8. The summed E-state index contributed by atoms with van der Waals surface area (Å²) >= 11 is 0. The number of ether oxygens (including phenoxy) is 1. The highest BCUT2D eigenvalue weighted by atomic mass is 16.6. The number of benzene rings is 1. The van der Waals surface area contributed by atoms with Gasteiger partial charge in [0.15, 0.2) is 0 Å². The third-order valence-electron chi connectivity index (χ3n) is 3.96. The zero-order chi connectivity index (χ0) is 15.9. The molecule has 1 heterocycles. The lowest BCUT2D eigenvalue weighted by Crippen LogP contribution is -2.53. The second-order valence-electron chi connectivity index (χ2n) is 5.51. The lowest BCUT2D eigenvalue weighted by Gasteiger charge is -2.39. The Bertz CT molecular complexity index is 480. The molecule has 1 unspecified atom stereocenters. The van der Waals surface area contributed by atoms with E-state index in [1.165, 1.54) is 12.1 Å². The molecule has 0 aromatic heterocycles. The molecule has 0 radical (unpaired) electrons. The fourth-order valence-electron chi connectivity index (χ4n) is 2.69. The molecular formula is C15H23N3O4. The van der Waals surface area contributed by atoms with Crippen LogP contribution in [0.25, 0.3) is 0 Å².